The van der Waals surface area contributed by atoms with Crippen molar-refractivity contribution < 1.29 is 18.7 Å². The number of hydrogen-bond donors (Lipinski definition) is 1. The van der Waals surface area contributed by atoms with Gasteiger partial charge >= 0.3 is 0 Å². The van der Waals surface area contributed by atoms with Crippen molar-refractivity contribution in [1.82, 2.24) is 0 Å². The van der Waals surface area contributed by atoms with E-state index in [1.165, 1.54) is 7.11 Å². The molecule has 0 aliphatic heterocycles. The summed E-state index contributed by atoms with van der Waals surface area (Å²) in [6.07, 6.45) is 0. The first-order chi connectivity index (χ1) is 11.2. The number of carbonyl (C=O) groups excluding carboxylic acids is 2. The van der Waals surface area contributed by atoms with E-state index in [9.17, 15) is 9.59 Å². The van der Waals surface area contributed by atoms with Gasteiger partial charge in [0.25, 0.3) is 0 Å². The highest BCUT2D eigenvalue weighted by Gasteiger charge is 2.14. The van der Waals surface area contributed by atoms with Crippen molar-refractivity contribution in [1.29, 1.82) is 0 Å². The van der Waals surface area contributed by atoms with Crippen LogP contribution in [0.2, 0.25) is 0 Å². The normalized spacial score (nSPS) is 10.7. The number of rotatable bonds is 5. The first kappa shape index (κ1) is 15.0. The van der Waals surface area contributed by atoms with Gasteiger partial charge in [0.15, 0.2) is 5.76 Å². The van der Waals surface area contributed by atoms with Crippen LogP contribution in [0.15, 0.2) is 59.0 Å². The molecule has 0 saturated carbocycles. The summed E-state index contributed by atoms with van der Waals surface area (Å²) >= 11 is 0. The number of furan rings is 1. The lowest BCUT2D eigenvalue weighted by molar-refractivity contribution is -0.119. The van der Waals surface area contributed by atoms with Gasteiger partial charge in [0.2, 0.25) is 11.7 Å². The number of ketones is 1. The van der Waals surface area contributed by atoms with Gasteiger partial charge in [0, 0.05) is 23.7 Å². The average molecular weight is 309 g/mol. The highest BCUT2D eigenvalue weighted by atomic mass is 16.5. The fourth-order valence-corrected chi connectivity index (χ4v) is 2.27. The third kappa shape index (κ3) is 3.30. The first-order valence-corrected chi connectivity index (χ1v) is 7.09. The molecule has 0 fully saturated rings. The molecule has 0 bridgehead atoms. The smallest absolute Gasteiger partial charge is 0.250 e. The molecule has 3 aromatic rings. The highest BCUT2D eigenvalue weighted by Crippen LogP contribution is 2.21. The van der Waals surface area contributed by atoms with Crippen LogP contribution in [0.5, 0.6) is 0 Å². The molecule has 1 amide bonds. The molecule has 5 nitrogen and oxygen atoms in total. The summed E-state index contributed by atoms with van der Waals surface area (Å²) in [7, 11) is 1.45. The lowest BCUT2D eigenvalue weighted by Gasteiger charge is -2.05. The second-order valence-corrected chi connectivity index (χ2v) is 5.04. The molecule has 0 radical (unpaired) electrons. The summed E-state index contributed by atoms with van der Waals surface area (Å²) in [6, 6.07) is 15.8. The summed E-state index contributed by atoms with van der Waals surface area (Å²) in [6.45, 7) is -0.0142. The zero-order valence-electron chi connectivity index (χ0n) is 12.5. The van der Waals surface area contributed by atoms with E-state index in [0.29, 0.717) is 22.6 Å². The maximum absolute atomic E-state index is 12.5. The Kier molecular flexibility index (Phi) is 4.21. The van der Waals surface area contributed by atoms with Crippen LogP contribution in [0.1, 0.15) is 16.1 Å². The second-order valence-electron chi connectivity index (χ2n) is 5.04. The SMILES string of the molecule is COCC(=O)Nc1ccc(C(=O)c2cc3ccccc3o2)cc1. The number of benzene rings is 2. The van der Waals surface area contributed by atoms with Gasteiger partial charge in [-0.25, -0.2) is 0 Å². The predicted octanol–water partition coefficient (Wildman–Crippen LogP) is 3.25. The monoisotopic (exact) mass is 309 g/mol. The first-order valence-electron chi connectivity index (χ1n) is 7.09. The zero-order chi connectivity index (χ0) is 16.2. The summed E-state index contributed by atoms with van der Waals surface area (Å²) in [4.78, 5) is 23.9. The van der Waals surface area contributed by atoms with Crippen molar-refractivity contribution in [3.8, 4) is 0 Å². The molecular formula is C18H15NO4. The van der Waals surface area contributed by atoms with Gasteiger partial charge in [-0.1, -0.05) is 18.2 Å². The van der Waals surface area contributed by atoms with Crippen molar-refractivity contribution in [3.63, 3.8) is 0 Å². The predicted molar refractivity (Wildman–Crippen MR) is 86.6 cm³/mol. The van der Waals surface area contributed by atoms with Gasteiger partial charge in [-0.05, 0) is 36.4 Å². The number of para-hydroxylation sites is 1. The number of nitrogens with one attached hydrogen (secondary N) is 1. The fraction of sp³-hybridized carbons (Fsp3) is 0.111. The third-order valence-electron chi connectivity index (χ3n) is 3.36. The van der Waals surface area contributed by atoms with Gasteiger partial charge in [-0.15, -0.1) is 0 Å². The molecule has 0 spiro atoms. The molecule has 0 unspecified atom stereocenters. The largest absolute Gasteiger partial charge is 0.453 e. The highest BCUT2D eigenvalue weighted by molar-refractivity contribution is 6.09. The van der Waals surface area contributed by atoms with Crippen molar-refractivity contribution in [2.75, 3.05) is 19.0 Å². The average Bonchev–Trinajstić information content (AvgIpc) is 2.99. The molecule has 1 heterocycles. The molecule has 3 rings (SSSR count). The molecule has 0 saturated heterocycles. The van der Waals surface area contributed by atoms with E-state index in [0.717, 1.165) is 5.39 Å². The number of carbonyl (C=O) groups is 2. The summed E-state index contributed by atoms with van der Waals surface area (Å²) in [5, 5.41) is 3.56. The second kappa shape index (κ2) is 6.46. The van der Waals surface area contributed by atoms with Crippen LogP contribution in [0.3, 0.4) is 0 Å². The van der Waals surface area contributed by atoms with E-state index >= 15 is 0 Å². The van der Waals surface area contributed by atoms with Gasteiger partial charge < -0.3 is 14.5 Å². The number of fused-ring (bicyclic) bond motifs is 1. The van der Waals surface area contributed by atoms with Crippen molar-refractivity contribution in [2.24, 2.45) is 0 Å². The maximum Gasteiger partial charge on any atom is 0.250 e. The lowest BCUT2D eigenvalue weighted by atomic mass is 10.1. The minimum Gasteiger partial charge on any atom is -0.453 e. The van der Waals surface area contributed by atoms with Crippen LogP contribution in [0.25, 0.3) is 11.0 Å². The van der Waals surface area contributed by atoms with Crippen LogP contribution in [0, 0.1) is 0 Å². The third-order valence-corrected chi connectivity index (χ3v) is 3.36. The van der Waals surface area contributed by atoms with Crippen LogP contribution in [-0.4, -0.2) is 25.4 Å². The minimum absolute atomic E-state index is 0.0142. The quantitative estimate of drug-likeness (QED) is 0.735. The molecule has 23 heavy (non-hydrogen) atoms. The van der Waals surface area contributed by atoms with E-state index < -0.39 is 0 Å². The zero-order valence-corrected chi connectivity index (χ0v) is 12.5. The maximum atomic E-state index is 12.5. The van der Waals surface area contributed by atoms with Crippen LogP contribution in [0.4, 0.5) is 5.69 Å². The summed E-state index contributed by atoms with van der Waals surface area (Å²) < 4.78 is 10.3. The summed E-state index contributed by atoms with van der Waals surface area (Å²) in [5.74, 6) is -0.151. The Morgan fingerprint density at radius 3 is 2.52 bits per heavy atom. The van der Waals surface area contributed by atoms with E-state index in [1.54, 1.807) is 30.3 Å². The minimum atomic E-state index is -0.246. The molecule has 116 valence electrons. The van der Waals surface area contributed by atoms with Crippen molar-refractivity contribution in [3.05, 3.63) is 65.9 Å². The molecule has 1 N–H and O–H groups in total. The van der Waals surface area contributed by atoms with Crippen molar-refractivity contribution >= 4 is 28.3 Å². The Balaban J connectivity index is 1.78. The number of methoxy groups -OCH3 is 1. The van der Waals surface area contributed by atoms with E-state index in [2.05, 4.69) is 5.32 Å². The number of amides is 1. The van der Waals surface area contributed by atoms with E-state index in [4.69, 9.17) is 9.15 Å². The van der Waals surface area contributed by atoms with Gasteiger partial charge in [0.05, 0.1) is 0 Å². The fourth-order valence-electron chi connectivity index (χ4n) is 2.27. The van der Waals surface area contributed by atoms with Crippen LogP contribution >= 0.6 is 0 Å². The number of hydrogen-bond acceptors (Lipinski definition) is 4. The molecule has 0 aliphatic carbocycles. The molecule has 2 aromatic carbocycles. The van der Waals surface area contributed by atoms with Crippen LogP contribution < -0.4 is 5.32 Å². The summed E-state index contributed by atoms with van der Waals surface area (Å²) in [5.41, 5.74) is 1.78. The van der Waals surface area contributed by atoms with Gasteiger partial charge in [-0.3, -0.25) is 9.59 Å². The lowest BCUT2D eigenvalue weighted by Crippen LogP contribution is -2.17. The van der Waals surface area contributed by atoms with E-state index in [1.807, 2.05) is 24.3 Å². The molecule has 0 atom stereocenters. The Bertz CT molecular complexity index is 816. The molecule has 0 aliphatic rings. The Hall–Kier alpha value is -2.92. The van der Waals surface area contributed by atoms with Gasteiger partial charge in [0.1, 0.15) is 12.2 Å². The Morgan fingerprint density at radius 1 is 1.09 bits per heavy atom. The molecule has 5 heteroatoms. The molecule has 1 aromatic heterocycles. The molecular weight excluding hydrogens is 294 g/mol. The van der Waals surface area contributed by atoms with E-state index in [-0.39, 0.29) is 18.3 Å². The van der Waals surface area contributed by atoms with Crippen LogP contribution in [-0.2, 0) is 9.53 Å². The number of ether oxygens (including phenoxy) is 1. The van der Waals surface area contributed by atoms with Crippen molar-refractivity contribution in [2.45, 2.75) is 0 Å². The standard InChI is InChI=1S/C18H15NO4/c1-22-11-17(20)19-14-8-6-12(7-9-14)18(21)16-10-13-4-2-3-5-15(13)23-16/h2-10H,11H2,1H3,(H,19,20). The Labute approximate surface area is 132 Å². The Morgan fingerprint density at radius 2 is 1.83 bits per heavy atom. The van der Waals surface area contributed by atoms with Gasteiger partial charge in [-0.2, -0.15) is 0 Å². The topological polar surface area (TPSA) is 68.5 Å². The number of anilines is 1.